The van der Waals surface area contributed by atoms with E-state index in [9.17, 15) is 9.59 Å². The maximum Gasteiger partial charge on any atom is 0.232 e. The van der Waals surface area contributed by atoms with Crippen LogP contribution in [0.3, 0.4) is 0 Å². The van der Waals surface area contributed by atoms with Crippen molar-refractivity contribution in [2.45, 2.75) is 32.9 Å². The molecule has 1 aliphatic heterocycles. The van der Waals surface area contributed by atoms with Gasteiger partial charge >= 0.3 is 0 Å². The van der Waals surface area contributed by atoms with Crippen molar-refractivity contribution in [1.82, 2.24) is 4.90 Å². The van der Waals surface area contributed by atoms with Gasteiger partial charge in [-0.05, 0) is 49.6 Å². The lowest BCUT2D eigenvalue weighted by Crippen LogP contribution is -2.55. The van der Waals surface area contributed by atoms with E-state index >= 15 is 0 Å². The van der Waals surface area contributed by atoms with Gasteiger partial charge in [-0.1, -0.05) is 12.1 Å². The number of carbonyl (C=O) groups is 2. The Morgan fingerprint density at radius 1 is 1.28 bits per heavy atom. The van der Waals surface area contributed by atoms with Gasteiger partial charge in [-0.2, -0.15) is 0 Å². The molecule has 134 valence electrons. The molecule has 5 heteroatoms. The minimum Gasteiger partial charge on any atom is -0.497 e. The molecule has 0 saturated carbocycles. The molecule has 0 bridgehead atoms. The molecule has 1 saturated heterocycles. The number of piperidine rings is 1. The third kappa shape index (κ3) is 2.86. The number of nitrogens with zero attached hydrogens (tertiary/aromatic N) is 1. The number of allylic oxidation sites excluding steroid dienone is 1. The van der Waals surface area contributed by atoms with E-state index in [4.69, 9.17) is 9.47 Å². The quantitative estimate of drug-likeness (QED) is 0.825. The highest BCUT2D eigenvalue weighted by Gasteiger charge is 2.57. The SMILES string of the molecule is COc1ccc(CN2CC[C@H]3C(C(C)=O)=CC(OC)[C@@]3(C)C2=O)cc1. The number of benzene rings is 1. The predicted molar refractivity (Wildman–Crippen MR) is 94.2 cm³/mol. The summed E-state index contributed by atoms with van der Waals surface area (Å²) in [6.07, 6.45) is 2.27. The lowest BCUT2D eigenvalue weighted by molar-refractivity contribution is -0.156. The van der Waals surface area contributed by atoms with Gasteiger partial charge in [-0.25, -0.2) is 0 Å². The van der Waals surface area contributed by atoms with Gasteiger partial charge < -0.3 is 14.4 Å². The number of rotatable bonds is 5. The summed E-state index contributed by atoms with van der Waals surface area (Å²) in [6, 6.07) is 7.75. The normalized spacial score (nSPS) is 28.6. The highest BCUT2D eigenvalue weighted by Crippen LogP contribution is 2.50. The molecule has 25 heavy (non-hydrogen) atoms. The first-order valence-electron chi connectivity index (χ1n) is 8.59. The Kier molecular flexibility index (Phi) is 4.69. The fourth-order valence-electron chi connectivity index (χ4n) is 4.20. The molecule has 0 radical (unpaired) electrons. The van der Waals surface area contributed by atoms with Gasteiger partial charge in [0.25, 0.3) is 0 Å². The Balaban J connectivity index is 1.83. The molecular formula is C20H25NO4. The van der Waals surface area contributed by atoms with Crippen LogP contribution in [-0.4, -0.2) is 43.5 Å². The van der Waals surface area contributed by atoms with E-state index < -0.39 is 5.41 Å². The van der Waals surface area contributed by atoms with Crippen molar-refractivity contribution in [2.75, 3.05) is 20.8 Å². The number of Topliss-reactive ketones (excluding diaryl/α,β-unsaturated/α-hetero) is 1. The second-order valence-electron chi connectivity index (χ2n) is 7.03. The fourth-order valence-corrected chi connectivity index (χ4v) is 4.20. The smallest absolute Gasteiger partial charge is 0.232 e. The molecule has 1 fully saturated rings. The molecule has 1 aliphatic carbocycles. The van der Waals surface area contributed by atoms with Gasteiger partial charge in [0.05, 0.1) is 18.6 Å². The van der Waals surface area contributed by atoms with E-state index in [1.807, 2.05) is 42.2 Å². The van der Waals surface area contributed by atoms with Gasteiger partial charge in [-0.15, -0.1) is 0 Å². The van der Waals surface area contributed by atoms with Crippen molar-refractivity contribution >= 4 is 11.7 Å². The first-order valence-corrected chi connectivity index (χ1v) is 8.59. The Hall–Kier alpha value is -2.14. The maximum atomic E-state index is 13.3. The summed E-state index contributed by atoms with van der Waals surface area (Å²) in [7, 11) is 3.23. The molecule has 5 nitrogen and oxygen atoms in total. The van der Waals surface area contributed by atoms with Crippen LogP contribution in [0.1, 0.15) is 25.8 Å². The Labute approximate surface area is 148 Å². The molecule has 1 aromatic rings. The van der Waals surface area contributed by atoms with Crippen molar-refractivity contribution in [3.05, 3.63) is 41.5 Å². The topological polar surface area (TPSA) is 55.8 Å². The van der Waals surface area contributed by atoms with Gasteiger partial charge in [0.1, 0.15) is 5.75 Å². The van der Waals surface area contributed by atoms with Crippen molar-refractivity contribution in [1.29, 1.82) is 0 Å². The van der Waals surface area contributed by atoms with E-state index in [2.05, 4.69) is 0 Å². The second kappa shape index (κ2) is 6.64. The van der Waals surface area contributed by atoms with E-state index in [-0.39, 0.29) is 23.7 Å². The number of likely N-dealkylation sites (tertiary alicyclic amines) is 1. The number of methoxy groups -OCH3 is 2. The Bertz CT molecular complexity index is 709. The highest BCUT2D eigenvalue weighted by molar-refractivity contribution is 5.98. The largest absolute Gasteiger partial charge is 0.497 e. The van der Waals surface area contributed by atoms with Crippen molar-refractivity contribution in [3.8, 4) is 5.75 Å². The summed E-state index contributed by atoms with van der Waals surface area (Å²) in [5.41, 5.74) is 1.09. The van der Waals surface area contributed by atoms with Crippen LogP contribution in [0.15, 0.2) is 35.9 Å². The van der Waals surface area contributed by atoms with Crippen LogP contribution in [0.25, 0.3) is 0 Å². The van der Waals surface area contributed by atoms with Crippen molar-refractivity contribution < 1.29 is 19.1 Å². The first kappa shape index (κ1) is 17.7. The Morgan fingerprint density at radius 3 is 2.52 bits per heavy atom. The van der Waals surface area contributed by atoms with Crippen molar-refractivity contribution in [3.63, 3.8) is 0 Å². The van der Waals surface area contributed by atoms with Crippen LogP contribution in [0.4, 0.5) is 0 Å². The Morgan fingerprint density at radius 2 is 1.96 bits per heavy atom. The summed E-state index contributed by atoms with van der Waals surface area (Å²) < 4.78 is 10.8. The molecule has 1 unspecified atom stereocenters. The number of ketones is 1. The maximum absolute atomic E-state index is 13.3. The summed E-state index contributed by atoms with van der Waals surface area (Å²) in [6.45, 7) is 4.70. The molecular weight excluding hydrogens is 318 g/mol. The average molecular weight is 343 g/mol. The van der Waals surface area contributed by atoms with E-state index in [0.29, 0.717) is 13.1 Å². The summed E-state index contributed by atoms with van der Waals surface area (Å²) in [4.78, 5) is 27.1. The monoisotopic (exact) mass is 343 g/mol. The summed E-state index contributed by atoms with van der Waals surface area (Å²) >= 11 is 0. The molecule has 3 atom stereocenters. The van der Waals surface area contributed by atoms with E-state index in [0.717, 1.165) is 23.3 Å². The molecule has 1 heterocycles. The van der Waals surface area contributed by atoms with Gasteiger partial charge in [0, 0.05) is 26.1 Å². The zero-order valence-corrected chi connectivity index (χ0v) is 15.2. The first-order chi connectivity index (χ1) is 11.9. The lowest BCUT2D eigenvalue weighted by atomic mass is 9.69. The number of hydrogen-bond donors (Lipinski definition) is 0. The number of hydrogen-bond acceptors (Lipinski definition) is 4. The second-order valence-corrected chi connectivity index (χ2v) is 7.03. The van der Waals surface area contributed by atoms with Crippen LogP contribution >= 0.6 is 0 Å². The molecule has 2 aliphatic rings. The van der Waals surface area contributed by atoms with Gasteiger partial charge in [-0.3, -0.25) is 9.59 Å². The number of fused-ring (bicyclic) bond motifs is 1. The van der Waals surface area contributed by atoms with E-state index in [1.165, 1.54) is 0 Å². The summed E-state index contributed by atoms with van der Waals surface area (Å²) in [5, 5.41) is 0. The van der Waals surface area contributed by atoms with Crippen LogP contribution in [0.5, 0.6) is 5.75 Å². The van der Waals surface area contributed by atoms with E-state index in [1.54, 1.807) is 21.1 Å². The molecule has 0 aromatic heterocycles. The minimum absolute atomic E-state index is 0.0344. The zero-order chi connectivity index (χ0) is 18.2. The number of amides is 1. The summed E-state index contributed by atoms with van der Waals surface area (Å²) in [5.74, 6) is 0.826. The lowest BCUT2D eigenvalue weighted by Gasteiger charge is -2.44. The zero-order valence-electron chi connectivity index (χ0n) is 15.2. The molecule has 0 spiro atoms. The number of ether oxygens (including phenoxy) is 2. The average Bonchev–Trinajstić information content (AvgIpc) is 2.92. The van der Waals surface area contributed by atoms with Gasteiger partial charge in [0.2, 0.25) is 5.91 Å². The van der Waals surface area contributed by atoms with Crippen LogP contribution in [0, 0.1) is 11.3 Å². The number of carbonyl (C=O) groups excluding carboxylic acids is 2. The highest BCUT2D eigenvalue weighted by atomic mass is 16.5. The molecule has 1 aromatic carbocycles. The molecule has 0 N–H and O–H groups in total. The third-order valence-corrected chi connectivity index (χ3v) is 5.65. The van der Waals surface area contributed by atoms with Crippen LogP contribution in [-0.2, 0) is 20.9 Å². The van der Waals surface area contributed by atoms with Crippen molar-refractivity contribution in [2.24, 2.45) is 11.3 Å². The van der Waals surface area contributed by atoms with Gasteiger partial charge in [0.15, 0.2) is 5.78 Å². The standard InChI is InChI=1S/C20H25NO4/c1-13(22)16-11-18(25-4)20(2)17(16)9-10-21(19(20)23)12-14-5-7-15(24-3)8-6-14/h5-8,11,17-18H,9-10,12H2,1-4H3/t17-,18?,20-/m0/s1. The van der Waals surface area contributed by atoms with Crippen LogP contribution in [0.2, 0.25) is 0 Å². The minimum atomic E-state index is -0.708. The van der Waals surface area contributed by atoms with Crippen LogP contribution < -0.4 is 4.74 Å². The fraction of sp³-hybridized carbons (Fsp3) is 0.500. The predicted octanol–water partition coefficient (Wildman–Crippen LogP) is 2.59. The third-order valence-electron chi connectivity index (χ3n) is 5.65. The molecule has 3 rings (SSSR count). The molecule has 1 amide bonds.